The Morgan fingerprint density at radius 2 is 2.00 bits per heavy atom. The highest BCUT2D eigenvalue weighted by Gasteiger charge is 2.45. The Bertz CT molecular complexity index is 441. The summed E-state index contributed by atoms with van der Waals surface area (Å²) in [4.78, 5) is 10.8. The molecule has 8 heteroatoms. The Hall–Kier alpha value is -1.31. The van der Waals surface area contributed by atoms with E-state index in [0.717, 1.165) is 6.07 Å². The second-order valence-electron chi connectivity index (χ2n) is 3.04. The van der Waals surface area contributed by atoms with E-state index in [9.17, 15) is 22.4 Å². The number of ether oxygens (including phenoxy) is 2. The molecule has 0 heterocycles. The summed E-state index contributed by atoms with van der Waals surface area (Å²) in [6.07, 6.45) is -4.36. The Kier molecular flexibility index (Phi) is 4.55. The minimum atomic E-state index is -4.36. The number of halogens is 5. The van der Waals surface area contributed by atoms with E-state index >= 15 is 0 Å². The molecule has 0 fully saturated rings. The number of rotatable bonds is 4. The van der Waals surface area contributed by atoms with Crippen LogP contribution in [0, 0.1) is 11.6 Å². The van der Waals surface area contributed by atoms with Gasteiger partial charge in [0.2, 0.25) is 0 Å². The van der Waals surface area contributed by atoms with E-state index in [0.29, 0.717) is 6.07 Å². The van der Waals surface area contributed by atoms with Crippen LogP contribution in [0.25, 0.3) is 0 Å². The van der Waals surface area contributed by atoms with Crippen molar-refractivity contribution >= 4 is 21.9 Å². The van der Waals surface area contributed by atoms with Gasteiger partial charge < -0.3 is 9.47 Å². The summed E-state index contributed by atoms with van der Waals surface area (Å²) >= 11 is 2.65. The zero-order valence-corrected chi connectivity index (χ0v) is 10.6. The fourth-order valence-electron chi connectivity index (χ4n) is 1.01. The summed E-state index contributed by atoms with van der Waals surface area (Å²) in [5, 5.41) is 0. The van der Waals surface area contributed by atoms with Crippen LogP contribution in [0.5, 0.6) is 5.75 Å². The van der Waals surface area contributed by atoms with Crippen LogP contribution in [0.3, 0.4) is 0 Å². The van der Waals surface area contributed by atoms with Crippen LogP contribution in [0.1, 0.15) is 6.92 Å². The van der Waals surface area contributed by atoms with E-state index in [2.05, 4.69) is 25.4 Å². The van der Waals surface area contributed by atoms with Crippen molar-refractivity contribution in [1.29, 1.82) is 0 Å². The maximum absolute atomic E-state index is 13.2. The molecule has 0 N–H and O–H groups in total. The fourth-order valence-corrected chi connectivity index (χ4v) is 1.50. The highest BCUT2D eigenvalue weighted by molar-refractivity contribution is 9.10. The summed E-state index contributed by atoms with van der Waals surface area (Å²) in [7, 11) is 0. The third kappa shape index (κ3) is 3.34. The third-order valence-electron chi connectivity index (χ3n) is 1.71. The van der Waals surface area contributed by atoms with E-state index in [1.807, 2.05) is 0 Å². The first-order chi connectivity index (χ1) is 8.27. The fraction of sp³-hybridized carbons (Fsp3) is 0.300. The summed E-state index contributed by atoms with van der Waals surface area (Å²) in [5.74, 6) is -5.29. The molecule has 100 valence electrons. The molecule has 0 aliphatic carbocycles. The minimum Gasteiger partial charge on any atom is -0.459 e. The molecule has 0 aliphatic rings. The first-order valence-corrected chi connectivity index (χ1v) is 5.45. The van der Waals surface area contributed by atoms with Crippen molar-refractivity contribution in [2.75, 3.05) is 6.61 Å². The van der Waals surface area contributed by atoms with Crippen LogP contribution in [0.4, 0.5) is 17.6 Å². The average Bonchev–Trinajstić information content (AvgIpc) is 2.23. The van der Waals surface area contributed by atoms with Gasteiger partial charge >= 0.3 is 12.1 Å². The van der Waals surface area contributed by atoms with Gasteiger partial charge in [0.05, 0.1) is 11.1 Å². The molecule has 1 aromatic rings. The molecule has 0 atom stereocenters. The second kappa shape index (κ2) is 5.55. The van der Waals surface area contributed by atoms with Crippen molar-refractivity contribution in [2.24, 2.45) is 0 Å². The second-order valence-corrected chi connectivity index (χ2v) is 3.89. The zero-order chi connectivity index (χ0) is 13.9. The monoisotopic (exact) mass is 330 g/mol. The van der Waals surface area contributed by atoms with Crippen molar-refractivity contribution in [3.63, 3.8) is 0 Å². The Balaban J connectivity index is 3.00. The number of hydrogen-bond donors (Lipinski definition) is 0. The predicted octanol–water partition coefficient (Wildman–Crippen LogP) is 3.26. The molecule has 0 saturated carbocycles. The predicted molar refractivity (Wildman–Crippen MR) is 56.3 cm³/mol. The smallest absolute Gasteiger partial charge is 0.459 e. The van der Waals surface area contributed by atoms with Gasteiger partial charge in [-0.25, -0.2) is 13.6 Å². The Morgan fingerprint density at radius 3 is 2.50 bits per heavy atom. The van der Waals surface area contributed by atoms with E-state index < -0.39 is 29.5 Å². The molecule has 3 nitrogen and oxygen atoms in total. The van der Waals surface area contributed by atoms with Crippen LogP contribution < -0.4 is 4.74 Å². The van der Waals surface area contributed by atoms with Crippen LogP contribution in [0.15, 0.2) is 16.6 Å². The number of carbonyl (C=O) groups is 1. The van der Waals surface area contributed by atoms with Crippen LogP contribution in [-0.4, -0.2) is 18.7 Å². The van der Waals surface area contributed by atoms with E-state index in [4.69, 9.17) is 0 Å². The largest absolute Gasteiger partial charge is 0.502 e. The maximum Gasteiger partial charge on any atom is 0.502 e. The first-order valence-electron chi connectivity index (χ1n) is 4.66. The van der Waals surface area contributed by atoms with Crippen molar-refractivity contribution in [3.05, 3.63) is 28.2 Å². The van der Waals surface area contributed by atoms with Crippen LogP contribution in [0.2, 0.25) is 0 Å². The van der Waals surface area contributed by atoms with Gasteiger partial charge in [0, 0.05) is 6.07 Å². The van der Waals surface area contributed by atoms with Gasteiger partial charge in [0.25, 0.3) is 0 Å². The van der Waals surface area contributed by atoms with Gasteiger partial charge in [0.1, 0.15) is 5.82 Å². The molecular weight excluding hydrogens is 324 g/mol. The van der Waals surface area contributed by atoms with Crippen molar-refractivity contribution in [2.45, 2.75) is 13.0 Å². The van der Waals surface area contributed by atoms with Crippen molar-refractivity contribution in [1.82, 2.24) is 0 Å². The topological polar surface area (TPSA) is 35.5 Å². The highest BCUT2D eigenvalue weighted by atomic mass is 79.9. The number of benzene rings is 1. The third-order valence-corrected chi connectivity index (χ3v) is 2.30. The number of carbonyl (C=O) groups excluding carboxylic acids is 1. The van der Waals surface area contributed by atoms with Gasteiger partial charge in [-0.1, -0.05) is 0 Å². The van der Waals surface area contributed by atoms with Gasteiger partial charge in [0.15, 0.2) is 11.6 Å². The molecule has 0 amide bonds. The summed E-state index contributed by atoms with van der Waals surface area (Å²) in [6, 6.07) is 1.07. The first kappa shape index (κ1) is 14.7. The van der Waals surface area contributed by atoms with Crippen LogP contribution >= 0.6 is 15.9 Å². The quantitative estimate of drug-likeness (QED) is 0.628. The molecule has 1 aromatic carbocycles. The van der Waals surface area contributed by atoms with E-state index in [-0.39, 0.29) is 11.1 Å². The lowest BCUT2D eigenvalue weighted by Gasteiger charge is -2.17. The number of hydrogen-bond acceptors (Lipinski definition) is 3. The molecule has 0 spiro atoms. The average molecular weight is 331 g/mol. The van der Waals surface area contributed by atoms with E-state index in [1.165, 1.54) is 6.92 Å². The molecule has 0 radical (unpaired) electrons. The lowest BCUT2D eigenvalue weighted by Crippen LogP contribution is -2.37. The molecule has 0 saturated heterocycles. The Labute approximate surface area is 108 Å². The molecule has 18 heavy (non-hydrogen) atoms. The summed E-state index contributed by atoms with van der Waals surface area (Å²) in [6.45, 7) is 1.03. The SMILES string of the molecule is CCOC(=O)C(F)(F)Oc1c(F)cc(F)cc1Br. The Morgan fingerprint density at radius 1 is 1.39 bits per heavy atom. The summed E-state index contributed by atoms with van der Waals surface area (Å²) in [5.41, 5.74) is 0. The van der Waals surface area contributed by atoms with Gasteiger partial charge in [-0.05, 0) is 28.9 Å². The summed E-state index contributed by atoms with van der Waals surface area (Å²) < 4.78 is 59.9. The van der Waals surface area contributed by atoms with E-state index in [1.54, 1.807) is 0 Å². The van der Waals surface area contributed by atoms with Crippen LogP contribution in [-0.2, 0) is 9.53 Å². The minimum absolute atomic E-state index is 0.287. The number of alkyl halides is 2. The van der Waals surface area contributed by atoms with Gasteiger partial charge in [-0.15, -0.1) is 0 Å². The lowest BCUT2D eigenvalue weighted by molar-refractivity contribution is -0.217. The van der Waals surface area contributed by atoms with Crippen molar-refractivity contribution < 1.29 is 31.8 Å². The molecule has 0 aromatic heterocycles. The zero-order valence-electron chi connectivity index (χ0n) is 8.98. The lowest BCUT2D eigenvalue weighted by atomic mass is 10.3. The highest BCUT2D eigenvalue weighted by Crippen LogP contribution is 2.33. The normalized spacial score (nSPS) is 11.2. The van der Waals surface area contributed by atoms with Crippen molar-refractivity contribution in [3.8, 4) is 5.75 Å². The molecule has 0 aliphatic heterocycles. The maximum atomic E-state index is 13.2. The molecule has 1 rings (SSSR count). The number of esters is 1. The molecular formula is C10H7BrF4O3. The molecule has 0 bridgehead atoms. The molecule has 0 unspecified atom stereocenters. The standard InChI is InChI=1S/C10H7BrF4O3/c1-2-17-9(16)10(14,15)18-8-6(11)3-5(12)4-7(8)13/h3-4H,2H2,1H3. The van der Waals surface area contributed by atoms with Gasteiger partial charge in [-0.2, -0.15) is 8.78 Å². The van der Waals surface area contributed by atoms with Gasteiger partial charge in [-0.3, -0.25) is 0 Å².